The van der Waals surface area contributed by atoms with E-state index in [2.05, 4.69) is 61.7 Å². The minimum absolute atomic E-state index is 0.718. The minimum atomic E-state index is 0.718. The molecule has 2 heterocycles. The fraction of sp³-hybridized carbons (Fsp3) is 0.143. The number of imidazole rings is 1. The lowest BCUT2D eigenvalue weighted by molar-refractivity contribution is 0.983. The van der Waals surface area contributed by atoms with Gasteiger partial charge in [-0.3, -0.25) is 4.40 Å². The topological polar surface area (TPSA) is 42.2 Å². The summed E-state index contributed by atoms with van der Waals surface area (Å²) in [6, 6.07) is 8.41. The zero-order chi connectivity index (χ0) is 13.9. The van der Waals surface area contributed by atoms with Crippen LogP contribution in [0.15, 0.2) is 52.4 Å². The highest BCUT2D eigenvalue weighted by molar-refractivity contribution is 9.10. The third-order valence-electron chi connectivity index (χ3n) is 3.00. The van der Waals surface area contributed by atoms with Crippen LogP contribution >= 0.6 is 27.7 Å². The van der Waals surface area contributed by atoms with Gasteiger partial charge in [0.05, 0.1) is 24.6 Å². The summed E-state index contributed by atoms with van der Waals surface area (Å²) in [5.74, 6) is 0. The first-order valence-electron chi connectivity index (χ1n) is 6.11. The number of thioether (sulfide) groups is 1. The van der Waals surface area contributed by atoms with Crippen LogP contribution in [0.5, 0.6) is 0 Å². The Morgan fingerprint density at radius 3 is 2.75 bits per heavy atom. The Labute approximate surface area is 129 Å². The first-order valence-corrected chi connectivity index (χ1v) is 8.13. The molecule has 1 aromatic carbocycles. The van der Waals surface area contributed by atoms with Crippen molar-refractivity contribution in [2.75, 3.05) is 11.6 Å². The Kier molecular flexibility index (Phi) is 3.93. The first kappa shape index (κ1) is 13.5. The Balaban J connectivity index is 1.77. The van der Waals surface area contributed by atoms with E-state index in [4.69, 9.17) is 0 Å². The van der Waals surface area contributed by atoms with Crippen molar-refractivity contribution in [3.63, 3.8) is 0 Å². The largest absolute Gasteiger partial charge is 0.379 e. The van der Waals surface area contributed by atoms with Crippen molar-refractivity contribution in [2.24, 2.45) is 0 Å². The number of aromatic nitrogens is 3. The van der Waals surface area contributed by atoms with Crippen LogP contribution in [-0.4, -0.2) is 20.6 Å². The molecular formula is C14H13BrN4S. The smallest absolute Gasteiger partial charge is 0.155 e. The average molecular weight is 349 g/mol. The Morgan fingerprint density at radius 2 is 2.00 bits per heavy atom. The highest BCUT2D eigenvalue weighted by atomic mass is 79.9. The molecule has 0 atom stereocenters. The zero-order valence-electron chi connectivity index (χ0n) is 10.9. The molecule has 102 valence electrons. The van der Waals surface area contributed by atoms with E-state index in [0.717, 1.165) is 28.2 Å². The molecule has 0 spiro atoms. The van der Waals surface area contributed by atoms with E-state index in [9.17, 15) is 0 Å². The standard InChI is InChI=1S/C14H13BrN4S/c1-20-12-4-2-10(3-5-12)16-6-11-7-18-14-8-17-13(15)9-19(11)14/h2-5,7-9,16H,6H2,1H3. The van der Waals surface area contributed by atoms with Crippen molar-refractivity contribution in [1.82, 2.24) is 14.4 Å². The summed E-state index contributed by atoms with van der Waals surface area (Å²) in [6.07, 6.45) is 7.62. The second-order valence-corrected chi connectivity index (χ2v) is 5.96. The molecule has 0 amide bonds. The van der Waals surface area contributed by atoms with Gasteiger partial charge in [0.25, 0.3) is 0 Å². The third-order valence-corrected chi connectivity index (χ3v) is 4.16. The summed E-state index contributed by atoms with van der Waals surface area (Å²) in [6.45, 7) is 0.718. The number of fused-ring (bicyclic) bond motifs is 1. The predicted molar refractivity (Wildman–Crippen MR) is 86.2 cm³/mol. The lowest BCUT2D eigenvalue weighted by Crippen LogP contribution is -2.02. The summed E-state index contributed by atoms with van der Waals surface area (Å²) in [7, 11) is 0. The Bertz CT molecular complexity index is 724. The number of nitrogens with one attached hydrogen (secondary N) is 1. The first-order chi connectivity index (χ1) is 9.76. The van der Waals surface area contributed by atoms with E-state index in [1.54, 1.807) is 18.0 Å². The summed E-state index contributed by atoms with van der Waals surface area (Å²) in [4.78, 5) is 9.77. The van der Waals surface area contributed by atoms with E-state index in [0.29, 0.717) is 0 Å². The number of anilines is 1. The van der Waals surface area contributed by atoms with Crippen LogP contribution in [0.1, 0.15) is 5.69 Å². The molecule has 1 N–H and O–H groups in total. The van der Waals surface area contributed by atoms with Gasteiger partial charge in [-0.25, -0.2) is 9.97 Å². The second-order valence-electron chi connectivity index (χ2n) is 4.27. The fourth-order valence-corrected chi connectivity index (χ4v) is 2.66. The van der Waals surface area contributed by atoms with Crippen LogP contribution in [-0.2, 0) is 6.54 Å². The van der Waals surface area contributed by atoms with Gasteiger partial charge in [-0.15, -0.1) is 11.8 Å². The zero-order valence-corrected chi connectivity index (χ0v) is 13.3. The normalized spacial score (nSPS) is 10.9. The molecule has 0 bridgehead atoms. The van der Waals surface area contributed by atoms with E-state index in [-0.39, 0.29) is 0 Å². The van der Waals surface area contributed by atoms with Crippen LogP contribution in [0.2, 0.25) is 0 Å². The molecule has 0 aliphatic heterocycles. The summed E-state index contributed by atoms with van der Waals surface area (Å²) < 4.78 is 2.83. The molecule has 3 rings (SSSR count). The van der Waals surface area contributed by atoms with Crippen molar-refractivity contribution in [3.8, 4) is 0 Å². The maximum Gasteiger partial charge on any atom is 0.155 e. The maximum absolute atomic E-state index is 4.34. The minimum Gasteiger partial charge on any atom is -0.379 e. The van der Waals surface area contributed by atoms with E-state index < -0.39 is 0 Å². The van der Waals surface area contributed by atoms with Gasteiger partial charge in [-0.2, -0.15) is 0 Å². The van der Waals surface area contributed by atoms with Crippen LogP contribution in [0.4, 0.5) is 5.69 Å². The maximum atomic E-state index is 4.34. The second kappa shape index (κ2) is 5.85. The Morgan fingerprint density at radius 1 is 1.20 bits per heavy atom. The molecule has 0 fully saturated rings. The van der Waals surface area contributed by atoms with Gasteiger partial charge in [-0.05, 0) is 46.5 Å². The third kappa shape index (κ3) is 2.81. The van der Waals surface area contributed by atoms with Gasteiger partial charge in [0.1, 0.15) is 4.60 Å². The molecule has 2 aromatic heterocycles. The van der Waals surface area contributed by atoms with Crippen LogP contribution in [0.3, 0.4) is 0 Å². The number of hydrogen-bond donors (Lipinski definition) is 1. The number of benzene rings is 1. The molecule has 3 aromatic rings. The molecule has 0 aliphatic rings. The van der Waals surface area contributed by atoms with Gasteiger partial charge in [0, 0.05) is 16.8 Å². The number of halogens is 1. The average Bonchev–Trinajstić information content (AvgIpc) is 2.88. The van der Waals surface area contributed by atoms with Crippen LogP contribution < -0.4 is 5.32 Å². The quantitative estimate of drug-likeness (QED) is 0.727. The number of hydrogen-bond acceptors (Lipinski definition) is 4. The van der Waals surface area contributed by atoms with Crippen LogP contribution in [0, 0.1) is 0 Å². The van der Waals surface area contributed by atoms with E-state index in [1.807, 2.05) is 16.8 Å². The number of nitrogens with zero attached hydrogens (tertiary/aromatic N) is 3. The molecular weight excluding hydrogens is 336 g/mol. The van der Waals surface area contributed by atoms with Crippen molar-refractivity contribution in [2.45, 2.75) is 11.4 Å². The van der Waals surface area contributed by atoms with Gasteiger partial charge in [0.15, 0.2) is 5.65 Å². The fourth-order valence-electron chi connectivity index (χ4n) is 1.95. The van der Waals surface area contributed by atoms with E-state index >= 15 is 0 Å². The molecule has 0 radical (unpaired) electrons. The highest BCUT2D eigenvalue weighted by Crippen LogP contribution is 2.18. The monoisotopic (exact) mass is 348 g/mol. The molecule has 20 heavy (non-hydrogen) atoms. The molecule has 0 unspecified atom stereocenters. The highest BCUT2D eigenvalue weighted by Gasteiger charge is 2.04. The van der Waals surface area contributed by atoms with Crippen molar-refractivity contribution < 1.29 is 0 Å². The van der Waals surface area contributed by atoms with Crippen molar-refractivity contribution in [1.29, 1.82) is 0 Å². The van der Waals surface area contributed by atoms with Gasteiger partial charge in [0.2, 0.25) is 0 Å². The lowest BCUT2D eigenvalue weighted by atomic mass is 10.3. The molecule has 0 saturated heterocycles. The number of rotatable bonds is 4. The summed E-state index contributed by atoms with van der Waals surface area (Å²) in [5.41, 5.74) is 3.05. The Hall–Kier alpha value is -1.53. The van der Waals surface area contributed by atoms with Gasteiger partial charge in [-0.1, -0.05) is 0 Å². The van der Waals surface area contributed by atoms with Crippen molar-refractivity contribution >= 4 is 39.0 Å². The van der Waals surface area contributed by atoms with Gasteiger partial charge >= 0.3 is 0 Å². The van der Waals surface area contributed by atoms with Gasteiger partial charge < -0.3 is 5.32 Å². The van der Waals surface area contributed by atoms with E-state index in [1.165, 1.54) is 4.90 Å². The molecule has 0 saturated carbocycles. The summed E-state index contributed by atoms with van der Waals surface area (Å²) >= 11 is 5.12. The summed E-state index contributed by atoms with van der Waals surface area (Å²) in [5, 5.41) is 3.40. The SMILES string of the molecule is CSc1ccc(NCc2cnc3cnc(Br)cn23)cc1. The molecule has 0 aliphatic carbocycles. The molecule has 6 heteroatoms. The molecule has 4 nitrogen and oxygen atoms in total. The predicted octanol–water partition coefficient (Wildman–Crippen LogP) is 3.83. The van der Waals surface area contributed by atoms with Crippen LogP contribution in [0.25, 0.3) is 5.65 Å². The van der Waals surface area contributed by atoms with Crippen molar-refractivity contribution in [3.05, 3.63) is 53.2 Å². The lowest BCUT2D eigenvalue weighted by Gasteiger charge is -2.07.